The number of likely N-dealkylation sites (N-methyl/N-ethyl adjacent to an activating group) is 1. The van der Waals surface area contributed by atoms with Crippen LogP contribution in [0.1, 0.15) is 36.4 Å². The number of piperidine rings is 1. The average molecular weight is 368 g/mol. The predicted molar refractivity (Wildman–Crippen MR) is 101 cm³/mol. The molecule has 2 unspecified atom stereocenters. The molecule has 2 aromatic carbocycles. The Hall–Kier alpha value is -1.95. The zero-order chi connectivity index (χ0) is 18.4. The average Bonchev–Trinajstić information content (AvgIpc) is 3.41. The molecule has 27 heavy (non-hydrogen) atoms. The van der Waals surface area contributed by atoms with Crippen molar-refractivity contribution >= 4 is 0 Å². The minimum absolute atomic E-state index is 0.141. The Morgan fingerprint density at radius 2 is 2.00 bits per heavy atom. The van der Waals surface area contributed by atoms with E-state index in [9.17, 15) is 4.39 Å². The Bertz CT molecular complexity index is 827. The number of halogens is 1. The number of rotatable bonds is 4. The molecule has 3 saturated heterocycles. The summed E-state index contributed by atoms with van der Waals surface area (Å²) in [5.41, 5.74) is 1.99. The highest BCUT2D eigenvalue weighted by molar-refractivity contribution is 5.31. The van der Waals surface area contributed by atoms with Gasteiger partial charge in [-0.3, -0.25) is 4.90 Å². The maximum Gasteiger partial charge on any atom is 0.139 e. The second-order valence-corrected chi connectivity index (χ2v) is 8.02. The van der Waals surface area contributed by atoms with Crippen LogP contribution in [0.3, 0.4) is 0 Å². The van der Waals surface area contributed by atoms with Crippen molar-refractivity contribution in [2.24, 2.45) is 0 Å². The third-order valence-corrected chi connectivity index (χ3v) is 6.33. The summed E-state index contributed by atoms with van der Waals surface area (Å²) in [6.07, 6.45) is 4.08. The molecule has 3 aliphatic heterocycles. The lowest BCUT2D eigenvalue weighted by molar-refractivity contribution is 0.185. The van der Waals surface area contributed by atoms with Crippen molar-refractivity contribution in [1.29, 1.82) is 0 Å². The van der Waals surface area contributed by atoms with Gasteiger partial charge in [-0.1, -0.05) is 30.3 Å². The Kier molecular flexibility index (Phi) is 4.19. The van der Waals surface area contributed by atoms with Gasteiger partial charge < -0.3 is 14.8 Å². The number of epoxide rings is 1. The van der Waals surface area contributed by atoms with Gasteiger partial charge in [0.15, 0.2) is 0 Å². The second-order valence-electron chi connectivity index (χ2n) is 8.02. The summed E-state index contributed by atoms with van der Waals surface area (Å²) in [5, 5.41) is 3.88. The molecule has 1 N–H and O–H groups in total. The fraction of sp³-hybridized carbons (Fsp3) is 0.455. The summed E-state index contributed by atoms with van der Waals surface area (Å²) < 4.78 is 25.4. The van der Waals surface area contributed by atoms with Gasteiger partial charge in [0.25, 0.3) is 0 Å². The fourth-order valence-electron chi connectivity index (χ4n) is 4.63. The summed E-state index contributed by atoms with van der Waals surface area (Å²) in [7, 11) is 2.14. The first-order chi connectivity index (χ1) is 13.1. The van der Waals surface area contributed by atoms with Gasteiger partial charge in [0.2, 0.25) is 0 Å². The van der Waals surface area contributed by atoms with Crippen LogP contribution in [-0.4, -0.2) is 36.4 Å². The molecule has 5 heteroatoms. The van der Waals surface area contributed by atoms with Crippen molar-refractivity contribution in [1.82, 2.24) is 10.2 Å². The molecular weight excluding hydrogens is 343 g/mol. The van der Waals surface area contributed by atoms with Crippen LogP contribution in [0.15, 0.2) is 48.5 Å². The molecule has 142 valence electrons. The van der Waals surface area contributed by atoms with Crippen molar-refractivity contribution < 1.29 is 13.9 Å². The van der Waals surface area contributed by atoms with Gasteiger partial charge in [-0.25, -0.2) is 4.39 Å². The summed E-state index contributed by atoms with van der Waals surface area (Å²) in [5.74, 6) is 0.535. The van der Waals surface area contributed by atoms with Gasteiger partial charge in [-0.2, -0.15) is 0 Å². The second kappa shape index (κ2) is 6.59. The molecule has 5 rings (SSSR count). The van der Waals surface area contributed by atoms with Crippen LogP contribution in [-0.2, 0) is 11.3 Å². The Balaban J connectivity index is 1.22. The van der Waals surface area contributed by atoms with E-state index in [2.05, 4.69) is 29.4 Å². The molecule has 3 aliphatic rings. The smallest absolute Gasteiger partial charge is 0.139 e. The van der Waals surface area contributed by atoms with E-state index < -0.39 is 0 Å². The van der Waals surface area contributed by atoms with Gasteiger partial charge in [-0.05, 0) is 50.1 Å². The molecule has 0 amide bonds. The first-order valence-corrected chi connectivity index (χ1v) is 9.74. The minimum Gasteiger partial charge on any atom is -0.489 e. The standard InChI is InChI=1S/C22H25FN2O2/c1-25-13-12-22(20-21(25)27-20)11-10-19(24-22)15-6-8-17(9-7-15)26-14-16-4-2-3-5-18(16)23/h2-9,19-21,24H,10-14H2,1H3/t19-,20?,21?,22-/m1/s1. The van der Waals surface area contributed by atoms with Crippen LogP contribution in [0.5, 0.6) is 5.75 Å². The molecule has 4 atom stereocenters. The van der Waals surface area contributed by atoms with Crippen molar-refractivity contribution in [2.75, 3.05) is 13.6 Å². The third kappa shape index (κ3) is 3.14. The van der Waals surface area contributed by atoms with E-state index >= 15 is 0 Å². The molecular formula is C22H25FN2O2. The highest BCUT2D eigenvalue weighted by Crippen LogP contribution is 2.48. The van der Waals surface area contributed by atoms with E-state index in [-0.39, 0.29) is 18.0 Å². The lowest BCUT2D eigenvalue weighted by Gasteiger charge is -2.35. The number of hydrogen-bond acceptors (Lipinski definition) is 4. The summed E-state index contributed by atoms with van der Waals surface area (Å²) in [6.45, 7) is 1.33. The molecule has 0 aliphatic carbocycles. The lowest BCUT2D eigenvalue weighted by Crippen LogP contribution is -2.53. The van der Waals surface area contributed by atoms with Crippen molar-refractivity contribution in [3.8, 4) is 5.75 Å². The summed E-state index contributed by atoms with van der Waals surface area (Å²) in [4.78, 5) is 2.31. The zero-order valence-corrected chi connectivity index (χ0v) is 15.5. The van der Waals surface area contributed by atoms with E-state index in [0.717, 1.165) is 31.6 Å². The van der Waals surface area contributed by atoms with Crippen LogP contribution in [0.2, 0.25) is 0 Å². The third-order valence-electron chi connectivity index (χ3n) is 6.33. The number of fused-ring (bicyclic) bond motifs is 2. The molecule has 0 radical (unpaired) electrons. The van der Waals surface area contributed by atoms with Crippen LogP contribution in [0, 0.1) is 5.82 Å². The Morgan fingerprint density at radius 1 is 1.19 bits per heavy atom. The Morgan fingerprint density at radius 3 is 2.81 bits per heavy atom. The monoisotopic (exact) mass is 368 g/mol. The first-order valence-electron chi connectivity index (χ1n) is 9.74. The van der Waals surface area contributed by atoms with Gasteiger partial charge in [0, 0.05) is 18.2 Å². The molecule has 4 nitrogen and oxygen atoms in total. The number of nitrogens with zero attached hydrogens (tertiary/aromatic N) is 1. The molecule has 0 saturated carbocycles. The number of hydrogen-bond donors (Lipinski definition) is 1. The minimum atomic E-state index is -0.228. The highest BCUT2D eigenvalue weighted by atomic mass is 19.1. The van der Waals surface area contributed by atoms with Gasteiger partial charge >= 0.3 is 0 Å². The molecule has 3 heterocycles. The van der Waals surface area contributed by atoms with Crippen LogP contribution >= 0.6 is 0 Å². The Labute approximate surface area is 159 Å². The van der Waals surface area contributed by atoms with Crippen molar-refractivity contribution in [3.05, 3.63) is 65.5 Å². The molecule has 1 spiro atoms. The van der Waals surface area contributed by atoms with E-state index in [0.29, 0.717) is 23.9 Å². The molecule has 0 aromatic heterocycles. The number of ether oxygens (including phenoxy) is 2. The normalized spacial score (nSPS) is 32.4. The van der Waals surface area contributed by atoms with Crippen molar-refractivity contribution in [2.45, 2.75) is 49.8 Å². The maximum absolute atomic E-state index is 13.7. The molecule has 2 aromatic rings. The predicted octanol–water partition coefficient (Wildman–Crippen LogP) is 3.63. The van der Waals surface area contributed by atoms with E-state index in [1.807, 2.05) is 18.2 Å². The fourth-order valence-corrected chi connectivity index (χ4v) is 4.63. The summed E-state index contributed by atoms with van der Waals surface area (Å²) in [6, 6.07) is 15.3. The maximum atomic E-state index is 13.7. The zero-order valence-electron chi connectivity index (χ0n) is 15.5. The van der Waals surface area contributed by atoms with Gasteiger partial charge in [0.1, 0.15) is 30.5 Å². The highest BCUT2D eigenvalue weighted by Gasteiger charge is 2.61. The van der Waals surface area contributed by atoms with E-state index in [1.165, 1.54) is 11.6 Å². The quantitative estimate of drug-likeness (QED) is 0.837. The number of likely N-dealkylation sites (tertiary alicyclic amines) is 1. The first kappa shape index (κ1) is 17.2. The number of nitrogens with one attached hydrogen (secondary N) is 1. The van der Waals surface area contributed by atoms with Gasteiger partial charge in [-0.15, -0.1) is 0 Å². The van der Waals surface area contributed by atoms with Gasteiger partial charge in [0.05, 0.1) is 5.54 Å². The van der Waals surface area contributed by atoms with Crippen LogP contribution in [0.25, 0.3) is 0 Å². The topological polar surface area (TPSA) is 37.0 Å². The molecule has 3 fully saturated rings. The lowest BCUT2D eigenvalue weighted by atomic mass is 9.86. The molecule has 0 bridgehead atoms. The van der Waals surface area contributed by atoms with Crippen molar-refractivity contribution in [3.63, 3.8) is 0 Å². The van der Waals surface area contributed by atoms with Crippen LogP contribution < -0.4 is 10.1 Å². The largest absolute Gasteiger partial charge is 0.489 e. The van der Waals surface area contributed by atoms with E-state index in [1.54, 1.807) is 12.1 Å². The summed E-state index contributed by atoms with van der Waals surface area (Å²) >= 11 is 0. The SMILES string of the molecule is CN1CC[C@]2(CC[C@H](c3ccc(OCc4ccccc4F)cc3)N2)C2OC21. The van der Waals surface area contributed by atoms with E-state index in [4.69, 9.17) is 9.47 Å². The van der Waals surface area contributed by atoms with Crippen LogP contribution in [0.4, 0.5) is 4.39 Å². The number of benzene rings is 2.